The lowest BCUT2D eigenvalue weighted by atomic mass is 9.49. The van der Waals surface area contributed by atoms with E-state index >= 15 is 0 Å². The molecule has 1 atom stereocenters. The number of aliphatic carboxylic acids is 1. The third-order valence-corrected chi connectivity index (χ3v) is 5.68. The van der Waals surface area contributed by atoms with E-state index in [-0.39, 0.29) is 0 Å². The largest absolute Gasteiger partial charge is 0.481 e. The first-order valence-electron chi connectivity index (χ1n) is 8.02. The fourth-order valence-electron chi connectivity index (χ4n) is 5.31. The molecule has 0 aromatic heterocycles. The predicted octanol–water partition coefficient (Wildman–Crippen LogP) is 1.97. The van der Waals surface area contributed by atoms with Crippen molar-refractivity contribution in [3.05, 3.63) is 0 Å². The van der Waals surface area contributed by atoms with E-state index in [1.807, 2.05) is 0 Å². The summed E-state index contributed by atoms with van der Waals surface area (Å²) in [6, 6.07) is 0. The number of ether oxygens (including phenoxy) is 1. The molecule has 0 heterocycles. The Kier molecular flexibility index (Phi) is 3.95. The van der Waals surface area contributed by atoms with Gasteiger partial charge in [0.05, 0.1) is 13.0 Å². The second-order valence-corrected chi connectivity index (χ2v) is 7.45. The van der Waals surface area contributed by atoms with Gasteiger partial charge in [-0.05, 0) is 68.1 Å². The summed E-state index contributed by atoms with van der Waals surface area (Å²) in [6.07, 6.45) is 6.66. The lowest BCUT2D eigenvalue weighted by molar-refractivity contribution is -0.160. The zero-order valence-corrected chi connectivity index (χ0v) is 12.3. The molecule has 4 saturated carbocycles. The maximum atomic E-state index is 11.5. The fourth-order valence-corrected chi connectivity index (χ4v) is 5.31. The normalized spacial score (nSPS) is 38.2. The number of esters is 1. The molecule has 4 bridgehead atoms. The van der Waals surface area contributed by atoms with Crippen LogP contribution < -0.4 is 0 Å². The van der Waals surface area contributed by atoms with Crippen LogP contribution in [-0.4, -0.2) is 34.9 Å². The van der Waals surface area contributed by atoms with Crippen molar-refractivity contribution in [2.75, 3.05) is 6.61 Å². The van der Waals surface area contributed by atoms with Crippen molar-refractivity contribution >= 4 is 11.9 Å². The molecule has 0 aromatic rings. The molecule has 5 nitrogen and oxygen atoms in total. The summed E-state index contributed by atoms with van der Waals surface area (Å²) >= 11 is 0. The first kappa shape index (κ1) is 14.8. The Morgan fingerprint density at radius 2 is 1.62 bits per heavy atom. The van der Waals surface area contributed by atoms with Crippen LogP contribution in [0.25, 0.3) is 0 Å². The maximum absolute atomic E-state index is 11.5. The lowest BCUT2D eigenvalue weighted by Gasteiger charge is -2.57. The van der Waals surface area contributed by atoms with Gasteiger partial charge in [-0.25, -0.2) is 4.79 Å². The van der Waals surface area contributed by atoms with E-state index < -0.39 is 24.5 Å². The quantitative estimate of drug-likeness (QED) is 0.732. The van der Waals surface area contributed by atoms with Crippen molar-refractivity contribution in [1.29, 1.82) is 0 Å². The van der Waals surface area contributed by atoms with Crippen LogP contribution in [0.4, 0.5) is 0 Å². The Labute approximate surface area is 124 Å². The molecule has 5 heteroatoms. The maximum Gasteiger partial charge on any atom is 0.335 e. The van der Waals surface area contributed by atoms with Crippen molar-refractivity contribution in [1.82, 2.24) is 0 Å². The summed E-state index contributed by atoms with van der Waals surface area (Å²) in [5, 5.41) is 17.9. The molecule has 118 valence electrons. The average Bonchev–Trinajstić information content (AvgIpc) is 2.35. The van der Waals surface area contributed by atoms with Gasteiger partial charge in [-0.1, -0.05) is 0 Å². The van der Waals surface area contributed by atoms with Crippen molar-refractivity contribution < 1.29 is 24.5 Å². The number of hydrogen-bond acceptors (Lipinski definition) is 4. The molecular weight excluding hydrogens is 272 g/mol. The zero-order valence-electron chi connectivity index (χ0n) is 12.3. The molecule has 0 aromatic carbocycles. The van der Waals surface area contributed by atoms with Gasteiger partial charge in [-0.2, -0.15) is 0 Å². The van der Waals surface area contributed by atoms with Gasteiger partial charge in [0.25, 0.3) is 0 Å². The molecule has 0 amide bonds. The highest BCUT2D eigenvalue weighted by Crippen LogP contribution is 2.61. The summed E-state index contributed by atoms with van der Waals surface area (Å²) in [4.78, 5) is 22.0. The summed E-state index contributed by atoms with van der Waals surface area (Å²) < 4.78 is 5.09. The number of carbonyl (C=O) groups is 2. The molecule has 0 spiro atoms. The summed E-state index contributed by atoms with van der Waals surface area (Å²) in [5.74, 6) is 0.598. The Bertz CT molecular complexity index is 395. The first-order chi connectivity index (χ1) is 9.96. The second kappa shape index (κ2) is 5.59. The molecule has 0 saturated heterocycles. The van der Waals surface area contributed by atoms with Crippen LogP contribution >= 0.6 is 0 Å². The third-order valence-electron chi connectivity index (χ3n) is 5.68. The van der Waals surface area contributed by atoms with Gasteiger partial charge in [-0.3, -0.25) is 4.79 Å². The number of hydrogen-bond donors (Lipinski definition) is 2. The van der Waals surface area contributed by atoms with Gasteiger partial charge in [0, 0.05) is 0 Å². The highest BCUT2D eigenvalue weighted by Gasteiger charge is 2.50. The van der Waals surface area contributed by atoms with Crippen LogP contribution in [-0.2, 0) is 14.3 Å². The topological polar surface area (TPSA) is 83.8 Å². The van der Waals surface area contributed by atoms with Crippen molar-refractivity contribution in [3.8, 4) is 0 Å². The Hall–Kier alpha value is -1.10. The van der Waals surface area contributed by atoms with E-state index in [1.54, 1.807) is 0 Å². The predicted molar refractivity (Wildman–Crippen MR) is 74.4 cm³/mol. The van der Waals surface area contributed by atoms with Gasteiger partial charge in [0.2, 0.25) is 0 Å². The highest BCUT2D eigenvalue weighted by molar-refractivity contribution is 5.80. The van der Waals surface area contributed by atoms with Crippen LogP contribution in [0.5, 0.6) is 0 Å². The van der Waals surface area contributed by atoms with Crippen LogP contribution in [0, 0.1) is 23.2 Å². The molecule has 4 rings (SSSR count). The number of carbonyl (C=O) groups excluding carboxylic acids is 1. The zero-order chi connectivity index (χ0) is 15.0. The molecule has 0 unspecified atom stereocenters. The van der Waals surface area contributed by atoms with E-state index in [2.05, 4.69) is 0 Å². The minimum Gasteiger partial charge on any atom is -0.481 e. The Morgan fingerprint density at radius 1 is 1.10 bits per heavy atom. The van der Waals surface area contributed by atoms with E-state index in [1.165, 1.54) is 38.5 Å². The third kappa shape index (κ3) is 3.23. The van der Waals surface area contributed by atoms with Gasteiger partial charge < -0.3 is 14.9 Å². The van der Waals surface area contributed by atoms with Crippen molar-refractivity contribution in [3.63, 3.8) is 0 Å². The van der Waals surface area contributed by atoms with Gasteiger partial charge in [0.15, 0.2) is 6.10 Å². The van der Waals surface area contributed by atoms with E-state index in [0.717, 1.165) is 24.2 Å². The highest BCUT2D eigenvalue weighted by atomic mass is 16.5. The number of rotatable bonds is 6. The molecule has 4 aliphatic rings. The lowest BCUT2D eigenvalue weighted by Crippen LogP contribution is -2.46. The SMILES string of the molecule is O=C(O)C[C@H](O)C(=O)OCCC12CC3CC(CC(C3)C1)C2. The smallest absolute Gasteiger partial charge is 0.335 e. The number of aliphatic hydroxyl groups is 1. The van der Waals surface area contributed by atoms with Crippen molar-refractivity contribution in [2.45, 2.75) is 57.5 Å². The Morgan fingerprint density at radius 3 is 2.10 bits per heavy atom. The molecule has 4 fully saturated rings. The summed E-state index contributed by atoms with van der Waals surface area (Å²) in [5.41, 5.74) is 0.340. The van der Waals surface area contributed by atoms with Gasteiger partial charge >= 0.3 is 11.9 Å². The van der Waals surface area contributed by atoms with Crippen LogP contribution in [0.3, 0.4) is 0 Å². The standard InChI is InChI=1S/C16H24O5/c17-13(6-14(18)19)15(20)21-2-1-16-7-10-3-11(8-16)5-12(4-10)9-16/h10-13,17H,1-9H2,(H,18,19)/t10?,11?,12?,13-,16?/m0/s1. The fraction of sp³-hybridized carbons (Fsp3) is 0.875. The van der Waals surface area contributed by atoms with E-state index in [4.69, 9.17) is 9.84 Å². The van der Waals surface area contributed by atoms with Crippen LogP contribution in [0.1, 0.15) is 51.4 Å². The van der Waals surface area contributed by atoms with E-state index in [9.17, 15) is 14.7 Å². The van der Waals surface area contributed by atoms with Crippen LogP contribution in [0.15, 0.2) is 0 Å². The summed E-state index contributed by atoms with van der Waals surface area (Å²) in [7, 11) is 0. The first-order valence-corrected chi connectivity index (χ1v) is 8.02. The van der Waals surface area contributed by atoms with Crippen molar-refractivity contribution in [2.24, 2.45) is 23.2 Å². The molecule has 21 heavy (non-hydrogen) atoms. The molecule has 2 N–H and O–H groups in total. The summed E-state index contributed by atoms with van der Waals surface area (Å²) in [6.45, 7) is 0.307. The van der Waals surface area contributed by atoms with Gasteiger partial charge in [-0.15, -0.1) is 0 Å². The second-order valence-electron chi connectivity index (χ2n) is 7.45. The minimum atomic E-state index is -1.54. The molecule has 4 aliphatic carbocycles. The Balaban J connectivity index is 1.47. The minimum absolute atomic E-state index is 0.307. The van der Waals surface area contributed by atoms with Crippen LogP contribution in [0.2, 0.25) is 0 Å². The van der Waals surface area contributed by atoms with E-state index in [0.29, 0.717) is 12.0 Å². The average molecular weight is 296 g/mol. The number of aliphatic hydroxyl groups excluding tert-OH is 1. The molecule has 0 aliphatic heterocycles. The number of carboxylic acid groups (broad SMARTS) is 1. The molecule has 0 radical (unpaired) electrons. The number of carboxylic acids is 1. The monoisotopic (exact) mass is 296 g/mol. The molecular formula is C16H24O5. The van der Waals surface area contributed by atoms with Gasteiger partial charge in [0.1, 0.15) is 0 Å².